The summed E-state index contributed by atoms with van der Waals surface area (Å²) >= 11 is 1.54. The van der Waals surface area contributed by atoms with Crippen LogP contribution in [0.4, 0.5) is 11.5 Å². The first-order chi connectivity index (χ1) is 8.92. The molecule has 0 aliphatic heterocycles. The highest BCUT2D eigenvalue weighted by Crippen LogP contribution is 2.23. The predicted molar refractivity (Wildman–Crippen MR) is 76.7 cm³/mol. The molecule has 1 aromatic carbocycles. The van der Waals surface area contributed by atoms with Gasteiger partial charge in [0.15, 0.2) is 5.82 Å². The molecule has 0 amide bonds. The fourth-order valence-electron chi connectivity index (χ4n) is 1.59. The first kappa shape index (κ1) is 13.8. The van der Waals surface area contributed by atoms with E-state index in [1.807, 2.05) is 12.3 Å². The van der Waals surface area contributed by atoms with E-state index in [1.165, 1.54) is 22.6 Å². The zero-order valence-electron chi connectivity index (χ0n) is 10.5. The second-order valence-corrected chi connectivity index (χ2v) is 6.42. The fraction of sp³-hybridized carbons (Fsp3) is 0.182. The van der Waals surface area contributed by atoms with Crippen molar-refractivity contribution in [2.24, 2.45) is 7.05 Å². The lowest BCUT2D eigenvalue weighted by Crippen LogP contribution is -2.13. The number of hydrogen-bond donors (Lipinski definition) is 2. The summed E-state index contributed by atoms with van der Waals surface area (Å²) in [6.45, 7) is 0. The van der Waals surface area contributed by atoms with Gasteiger partial charge < -0.3 is 5.73 Å². The molecule has 0 radical (unpaired) electrons. The van der Waals surface area contributed by atoms with Gasteiger partial charge in [-0.3, -0.25) is 9.40 Å². The monoisotopic (exact) mass is 298 g/mol. The minimum absolute atomic E-state index is 0.0176. The van der Waals surface area contributed by atoms with E-state index in [1.54, 1.807) is 25.2 Å². The number of nitrogens with zero attached hydrogens (tertiary/aromatic N) is 2. The van der Waals surface area contributed by atoms with Crippen molar-refractivity contribution in [2.45, 2.75) is 9.79 Å². The SMILES string of the molecule is CSc1cccc(NS(=O)(=O)c2cn(C)nc2N)c1. The lowest BCUT2D eigenvalue weighted by Gasteiger charge is -2.07. The van der Waals surface area contributed by atoms with Gasteiger partial charge in [0.1, 0.15) is 4.90 Å². The van der Waals surface area contributed by atoms with Gasteiger partial charge in [-0.1, -0.05) is 6.07 Å². The Kier molecular flexibility index (Phi) is 3.72. The van der Waals surface area contributed by atoms with Gasteiger partial charge in [0, 0.05) is 23.8 Å². The zero-order chi connectivity index (χ0) is 14.0. The maximum absolute atomic E-state index is 12.2. The molecule has 2 aromatic rings. The average molecular weight is 298 g/mol. The van der Waals surface area contributed by atoms with E-state index in [4.69, 9.17) is 5.73 Å². The van der Waals surface area contributed by atoms with Crippen LogP contribution in [0.1, 0.15) is 0 Å². The Hall–Kier alpha value is -1.67. The van der Waals surface area contributed by atoms with Crippen molar-refractivity contribution in [3.05, 3.63) is 30.5 Å². The van der Waals surface area contributed by atoms with Crippen LogP contribution in [0.25, 0.3) is 0 Å². The molecule has 0 bridgehead atoms. The third-order valence-corrected chi connectivity index (χ3v) is 4.56. The number of sulfonamides is 1. The highest BCUT2D eigenvalue weighted by Gasteiger charge is 2.20. The molecule has 0 saturated heterocycles. The van der Waals surface area contributed by atoms with Crippen LogP contribution in [0.3, 0.4) is 0 Å². The van der Waals surface area contributed by atoms with Crippen LogP contribution in [0.2, 0.25) is 0 Å². The van der Waals surface area contributed by atoms with Gasteiger partial charge in [0.25, 0.3) is 10.0 Å². The molecule has 3 N–H and O–H groups in total. The Labute approximate surface area is 116 Å². The first-order valence-corrected chi connectivity index (χ1v) is 8.09. The van der Waals surface area contributed by atoms with E-state index in [0.717, 1.165) is 4.90 Å². The maximum atomic E-state index is 12.2. The minimum atomic E-state index is -3.72. The summed E-state index contributed by atoms with van der Waals surface area (Å²) in [7, 11) is -2.10. The highest BCUT2D eigenvalue weighted by molar-refractivity contribution is 7.98. The molecule has 0 spiro atoms. The second kappa shape index (κ2) is 5.14. The minimum Gasteiger partial charge on any atom is -0.381 e. The van der Waals surface area contributed by atoms with Crippen LogP contribution in [-0.4, -0.2) is 24.5 Å². The molecule has 6 nitrogen and oxygen atoms in total. The summed E-state index contributed by atoms with van der Waals surface area (Å²) in [5, 5.41) is 3.82. The van der Waals surface area contributed by atoms with E-state index in [-0.39, 0.29) is 10.7 Å². The summed E-state index contributed by atoms with van der Waals surface area (Å²) < 4.78 is 28.2. The van der Waals surface area contributed by atoms with E-state index < -0.39 is 10.0 Å². The van der Waals surface area contributed by atoms with Crippen molar-refractivity contribution < 1.29 is 8.42 Å². The Bertz CT molecular complexity index is 694. The van der Waals surface area contributed by atoms with Gasteiger partial charge in [-0.25, -0.2) is 8.42 Å². The van der Waals surface area contributed by atoms with E-state index in [2.05, 4.69) is 9.82 Å². The third-order valence-electron chi connectivity index (χ3n) is 2.43. The molecule has 0 fully saturated rings. The molecule has 0 saturated carbocycles. The lowest BCUT2D eigenvalue weighted by molar-refractivity contribution is 0.601. The number of nitrogen functional groups attached to an aromatic ring is 1. The summed E-state index contributed by atoms with van der Waals surface area (Å²) in [5.74, 6) is -0.0176. The molecule has 0 aliphatic rings. The second-order valence-electron chi connectivity index (χ2n) is 3.89. The summed E-state index contributed by atoms with van der Waals surface area (Å²) in [6.07, 6.45) is 3.29. The molecular formula is C11H14N4O2S2. The first-order valence-electron chi connectivity index (χ1n) is 5.38. The van der Waals surface area contributed by atoms with Crippen LogP contribution in [0.5, 0.6) is 0 Å². The Morgan fingerprint density at radius 2 is 2.16 bits per heavy atom. The fourth-order valence-corrected chi connectivity index (χ4v) is 3.20. The number of thioether (sulfide) groups is 1. The number of aryl methyl sites for hydroxylation is 1. The number of rotatable bonds is 4. The topological polar surface area (TPSA) is 90.0 Å². The molecule has 0 unspecified atom stereocenters. The van der Waals surface area contributed by atoms with E-state index >= 15 is 0 Å². The van der Waals surface area contributed by atoms with Gasteiger partial charge in [0.05, 0.1) is 0 Å². The lowest BCUT2D eigenvalue weighted by atomic mass is 10.3. The quantitative estimate of drug-likeness (QED) is 0.835. The highest BCUT2D eigenvalue weighted by atomic mass is 32.2. The van der Waals surface area contributed by atoms with Crippen molar-refractivity contribution in [2.75, 3.05) is 16.7 Å². The number of hydrogen-bond acceptors (Lipinski definition) is 5. The van der Waals surface area contributed by atoms with Crippen LogP contribution < -0.4 is 10.5 Å². The number of nitrogens with one attached hydrogen (secondary N) is 1. The molecule has 0 aliphatic carbocycles. The number of aromatic nitrogens is 2. The molecule has 2 rings (SSSR count). The number of anilines is 2. The molecule has 0 atom stereocenters. The molecular weight excluding hydrogens is 284 g/mol. The van der Waals surface area contributed by atoms with E-state index in [0.29, 0.717) is 5.69 Å². The summed E-state index contributed by atoms with van der Waals surface area (Å²) in [5.41, 5.74) is 6.08. The largest absolute Gasteiger partial charge is 0.381 e. The Morgan fingerprint density at radius 1 is 1.42 bits per heavy atom. The Morgan fingerprint density at radius 3 is 2.74 bits per heavy atom. The van der Waals surface area contributed by atoms with Crippen molar-refractivity contribution in [1.29, 1.82) is 0 Å². The van der Waals surface area contributed by atoms with Gasteiger partial charge in [0.2, 0.25) is 0 Å². The maximum Gasteiger partial charge on any atom is 0.267 e. The molecule has 1 heterocycles. The molecule has 19 heavy (non-hydrogen) atoms. The van der Waals surface area contributed by atoms with Gasteiger partial charge in [-0.15, -0.1) is 11.8 Å². The van der Waals surface area contributed by atoms with Crippen molar-refractivity contribution in [3.8, 4) is 0 Å². The van der Waals surface area contributed by atoms with Crippen molar-refractivity contribution in [1.82, 2.24) is 9.78 Å². The average Bonchev–Trinajstić information content (AvgIpc) is 2.69. The molecule has 102 valence electrons. The zero-order valence-corrected chi connectivity index (χ0v) is 12.1. The van der Waals surface area contributed by atoms with Crippen molar-refractivity contribution in [3.63, 3.8) is 0 Å². The van der Waals surface area contributed by atoms with Crippen LogP contribution in [-0.2, 0) is 17.1 Å². The van der Waals surface area contributed by atoms with Crippen molar-refractivity contribution >= 4 is 33.3 Å². The van der Waals surface area contributed by atoms with Gasteiger partial charge in [-0.05, 0) is 24.5 Å². The van der Waals surface area contributed by atoms with Crippen LogP contribution >= 0.6 is 11.8 Å². The standard InChI is InChI=1S/C11H14N4O2S2/c1-15-7-10(11(12)13-15)19(16,17)14-8-4-3-5-9(6-8)18-2/h3-7,14H,1-2H3,(H2,12,13). The third kappa shape index (κ3) is 3.02. The smallest absolute Gasteiger partial charge is 0.267 e. The van der Waals surface area contributed by atoms with Gasteiger partial charge in [-0.2, -0.15) is 5.10 Å². The summed E-state index contributed by atoms with van der Waals surface area (Å²) in [6, 6.07) is 7.13. The number of nitrogens with two attached hydrogens (primary N) is 1. The number of benzene rings is 1. The van der Waals surface area contributed by atoms with Gasteiger partial charge >= 0.3 is 0 Å². The normalized spacial score (nSPS) is 11.5. The molecule has 1 aromatic heterocycles. The van der Waals surface area contributed by atoms with E-state index in [9.17, 15) is 8.42 Å². The Balaban J connectivity index is 2.33. The summed E-state index contributed by atoms with van der Waals surface area (Å²) in [4.78, 5) is 0.948. The van der Waals surface area contributed by atoms with Crippen LogP contribution in [0.15, 0.2) is 40.3 Å². The van der Waals surface area contributed by atoms with Crippen LogP contribution in [0, 0.1) is 0 Å². The molecule has 8 heteroatoms. The predicted octanol–water partition coefficient (Wildman–Crippen LogP) is 1.53.